The molecular formula is C25H30Cl2N4O. The maximum Gasteiger partial charge on any atom is 0.243 e. The van der Waals surface area contributed by atoms with E-state index in [1.165, 1.54) is 12.8 Å². The Bertz CT molecular complexity index is 1070. The van der Waals surface area contributed by atoms with Crippen LogP contribution in [0.3, 0.4) is 0 Å². The summed E-state index contributed by atoms with van der Waals surface area (Å²) in [6, 6.07) is 13.2. The summed E-state index contributed by atoms with van der Waals surface area (Å²) in [7, 11) is 0. The van der Waals surface area contributed by atoms with Crippen LogP contribution in [0.4, 0.5) is 0 Å². The second kappa shape index (κ2) is 10.7. The zero-order chi connectivity index (χ0) is 22.5. The van der Waals surface area contributed by atoms with Gasteiger partial charge in [-0.25, -0.2) is 4.98 Å². The topological polar surface area (TPSA) is 50.2 Å². The molecule has 1 N–H and O–H groups in total. The molecule has 0 radical (unpaired) electrons. The van der Waals surface area contributed by atoms with Crippen LogP contribution in [-0.2, 0) is 11.2 Å². The number of hydrogen-bond donors (Lipinski definition) is 1. The summed E-state index contributed by atoms with van der Waals surface area (Å²) in [5.41, 5.74) is 2.80. The Labute approximate surface area is 199 Å². The Balaban J connectivity index is 1.62. The van der Waals surface area contributed by atoms with Crippen molar-refractivity contribution in [3.8, 4) is 0 Å². The highest BCUT2D eigenvalue weighted by molar-refractivity contribution is 6.35. The van der Waals surface area contributed by atoms with Gasteiger partial charge in [-0.1, -0.05) is 54.7 Å². The average molecular weight is 473 g/mol. The summed E-state index contributed by atoms with van der Waals surface area (Å²) in [6.45, 7) is 5.95. The van der Waals surface area contributed by atoms with Gasteiger partial charge in [0.15, 0.2) is 0 Å². The van der Waals surface area contributed by atoms with Crippen LogP contribution in [0.1, 0.15) is 50.0 Å². The smallest absolute Gasteiger partial charge is 0.243 e. The van der Waals surface area contributed by atoms with E-state index in [0.717, 1.165) is 54.9 Å². The number of imidazole rings is 1. The molecule has 2 aromatic carbocycles. The van der Waals surface area contributed by atoms with E-state index in [9.17, 15) is 4.79 Å². The number of carbonyl (C=O) groups is 1. The Hall–Kier alpha value is -2.08. The van der Waals surface area contributed by atoms with Crippen LogP contribution in [0, 0.1) is 0 Å². The number of aromatic nitrogens is 2. The van der Waals surface area contributed by atoms with Crippen LogP contribution in [0.25, 0.3) is 11.0 Å². The van der Waals surface area contributed by atoms with Gasteiger partial charge in [0.25, 0.3) is 0 Å². The van der Waals surface area contributed by atoms with E-state index >= 15 is 0 Å². The summed E-state index contributed by atoms with van der Waals surface area (Å²) in [4.78, 5) is 20.6. The Morgan fingerprint density at radius 1 is 1.16 bits per heavy atom. The zero-order valence-corrected chi connectivity index (χ0v) is 20.0. The van der Waals surface area contributed by atoms with Gasteiger partial charge in [0.2, 0.25) is 5.91 Å². The van der Waals surface area contributed by atoms with E-state index < -0.39 is 0 Å². The average Bonchev–Trinajstić information content (AvgIpc) is 3.41. The van der Waals surface area contributed by atoms with Gasteiger partial charge in [-0.3, -0.25) is 4.79 Å². The predicted octanol–water partition coefficient (Wildman–Crippen LogP) is 5.49. The van der Waals surface area contributed by atoms with Crippen molar-refractivity contribution in [2.45, 2.75) is 45.1 Å². The molecule has 1 fully saturated rings. The SMILES string of the molecule is CCC[C@@H](C(=O)NCCN1CCCC1)n1c(Cc2ccc(Cl)cc2Cl)nc2ccccc21. The molecule has 32 heavy (non-hydrogen) atoms. The third-order valence-electron chi connectivity index (χ3n) is 6.13. The fraction of sp³-hybridized carbons (Fsp3) is 0.440. The molecule has 7 heteroatoms. The van der Waals surface area contributed by atoms with E-state index in [-0.39, 0.29) is 11.9 Å². The third-order valence-corrected chi connectivity index (χ3v) is 6.72. The van der Waals surface area contributed by atoms with Crippen LogP contribution < -0.4 is 5.32 Å². The zero-order valence-electron chi connectivity index (χ0n) is 18.5. The first kappa shape index (κ1) is 23.1. The second-order valence-corrected chi connectivity index (χ2v) is 9.29. The van der Waals surface area contributed by atoms with E-state index in [1.807, 2.05) is 36.4 Å². The molecule has 1 saturated heterocycles. The quantitative estimate of drug-likeness (QED) is 0.447. The molecule has 1 aliphatic rings. The van der Waals surface area contributed by atoms with E-state index in [4.69, 9.17) is 28.2 Å². The van der Waals surface area contributed by atoms with Crippen molar-refractivity contribution in [3.63, 3.8) is 0 Å². The molecule has 170 valence electrons. The molecule has 4 rings (SSSR count). The Morgan fingerprint density at radius 3 is 2.69 bits per heavy atom. The van der Waals surface area contributed by atoms with Gasteiger partial charge >= 0.3 is 0 Å². The highest BCUT2D eigenvalue weighted by Gasteiger charge is 2.25. The molecule has 0 unspecified atom stereocenters. The molecule has 0 bridgehead atoms. The molecule has 1 atom stereocenters. The third kappa shape index (κ3) is 5.28. The van der Waals surface area contributed by atoms with E-state index in [2.05, 4.69) is 21.7 Å². The molecule has 2 heterocycles. The summed E-state index contributed by atoms with van der Waals surface area (Å²) in [5, 5.41) is 4.40. The lowest BCUT2D eigenvalue weighted by Gasteiger charge is -2.22. The number of nitrogens with one attached hydrogen (secondary N) is 1. The summed E-state index contributed by atoms with van der Waals surface area (Å²) >= 11 is 12.5. The summed E-state index contributed by atoms with van der Waals surface area (Å²) in [5.74, 6) is 0.890. The number of likely N-dealkylation sites (tertiary alicyclic amines) is 1. The summed E-state index contributed by atoms with van der Waals surface area (Å²) in [6.07, 6.45) is 4.69. The predicted molar refractivity (Wildman–Crippen MR) is 132 cm³/mol. The van der Waals surface area contributed by atoms with Gasteiger partial charge < -0.3 is 14.8 Å². The van der Waals surface area contributed by atoms with Crippen molar-refractivity contribution < 1.29 is 4.79 Å². The molecule has 0 saturated carbocycles. The number of carbonyl (C=O) groups excluding carboxylic acids is 1. The number of benzene rings is 2. The maximum atomic E-state index is 13.3. The molecule has 1 aliphatic heterocycles. The Morgan fingerprint density at radius 2 is 1.94 bits per heavy atom. The standard InChI is InChI=1S/C25H30Cl2N4O/c1-2-7-23(25(32)28-12-15-30-13-5-6-14-30)31-22-9-4-3-8-21(22)29-24(31)16-18-10-11-19(26)17-20(18)27/h3-4,8-11,17,23H,2,5-7,12-16H2,1H3,(H,28,32)/t23-/m0/s1. The molecule has 1 amide bonds. The van der Waals surface area contributed by atoms with Crippen molar-refractivity contribution in [1.29, 1.82) is 0 Å². The van der Waals surface area contributed by atoms with Crippen molar-refractivity contribution in [2.24, 2.45) is 0 Å². The molecule has 0 aliphatic carbocycles. The van der Waals surface area contributed by atoms with Crippen molar-refractivity contribution >= 4 is 40.1 Å². The highest BCUT2D eigenvalue weighted by Crippen LogP contribution is 2.29. The molecular weight excluding hydrogens is 443 g/mol. The minimum absolute atomic E-state index is 0.0534. The summed E-state index contributed by atoms with van der Waals surface area (Å²) < 4.78 is 2.11. The van der Waals surface area contributed by atoms with Gasteiger partial charge in [0, 0.05) is 29.6 Å². The lowest BCUT2D eigenvalue weighted by atomic mass is 10.1. The number of hydrogen-bond acceptors (Lipinski definition) is 3. The minimum atomic E-state index is -0.313. The number of nitrogens with zero attached hydrogens (tertiary/aromatic N) is 3. The normalized spacial score (nSPS) is 15.3. The number of rotatable bonds is 9. The van der Waals surface area contributed by atoms with E-state index in [0.29, 0.717) is 23.0 Å². The first-order valence-corrected chi connectivity index (χ1v) is 12.2. The highest BCUT2D eigenvalue weighted by atomic mass is 35.5. The van der Waals surface area contributed by atoms with Crippen LogP contribution in [-0.4, -0.2) is 46.5 Å². The van der Waals surface area contributed by atoms with Gasteiger partial charge in [-0.2, -0.15) is 0 Å². The second-order valence-electron chi connectivity index (χ2n) is 8.44. The number of halogens is 2. The fourth-order valence-electron chi connectivity index (χ4n) is 4.51. The van der Waals surface area contributed by atoms with E-state index in [1.54, 1.807) is 6.07 Å². The van der Waals surface area contributed by atoms with Crippen molar-refractivity contribution in [3.05, 3.63) is 63.9 Å². The number of para-hydroxylation sites is 2. The number of amides is 1. The lowest BCUT2D eigenvalue weighted by molar-refractivity contribution is -0.124. The largest absolute Gasteiger partial charge is 0.353 e. The van der Waals surface area contributed by atoms with Crippen LogP contribution in [0.15, 0.2) is 42.5 Å². The first-order valence-electron chi connectivity index (χ1n) is 11.5. The van der Waals surface area contributed by atoms with Gasteiger partial charge in [0.1, 0.15) is 11.9 Å². The van der Waals surface area contributed by atoms with Gasteiger partial charge in [-0.15, -0.1) is 0 Å². The van der Waals surface area contributed by atoms with Crippen LogP contribution >= 0.6 is 23.2 Å². The van der Waals surface area contributed by atoms with Crippen LogP contribution in [0.2, 0.25) is 10.0 Å². The Kier molecular flexibility index (Phi) is 7.71. The molecule has 3 aromatic rings. The van der Waals surface area contributed by atoms with Crippen LogP contribution in [0.5, 0.6) is 0 Å². The van der Waals surface area contributed by atoms with Crippen molar-refractivity contribution in [2.75, 3.05) is 26.2 Å². The molecule has 5 nitrogen and oxygen atoms in total. The monoisotopic (exact) mass is 472 g/mol. The minimum Gasteiger partial charge on any atom is -0.353 e. The molecule has 1 aromatic heterocycles. The van der Waals surface area contributed by atoms with Gasteiger partial charge in [0.05, 0.1) is 11.0 Å². The first-order chi connectivity index (χ1) is 15.6. The number of fused-ring (bicyclic) bond motifs is 1. The van der Waals surface area contributed by atoms with Crippen molar-refractivity contribution in [1.82, 2.24) is 19.8 Å². The fourth-order valence-corrected chi connectivity index (χ4v) is 4.99. The lowest BCUT2D eigenvalue weighted by Crippen LogP contribution is -2.38. The molecule has 0 spiro atoms. The van der Waals surface area contributed by atoms with Gasteiger partial charge in [-0.05, 0) is 62.2 Å². The maximum absolute atomic E-state index is 13.3.